The van der Waals surface area contributed by atoms with Crippen LogP contribution in [-0.4, -0.2) is 42.8 Å². The highest BCUT2D eigenvalue weighted by atomic mass is 35.5. The summed E-state index contributed by atoms with van der Waals surface area (Å²) in [7, 11) is 0. The van der Waals surface area contributed by atoms with Gasteiger partial charge in [0.2, 0.25) is 5.91 Å². The summed E-state index contributed by atoms with van der Waals surface area (Å²) >= 11 is 0. The molecule has 0 aliphatic heterocycles. The fourth-order valence-corrected chi connectivity index (χ4v) is 2.62. The van der Waals surface area contributed by atoms with Crippen LogP contribution in [0, 0.1) is 0 Å². The van der Waals surface area contributed by atoms with Gasteiger partial charge in [-0.2, -0.15) is 0 Å². The summed E-state index contributed by atoms with van der Waals surface area (Å²) in [5.41, 5.74) is 6.68. The molecule has 0 saturated heterocycles. The van der Waals surface area contributed by atoms with E-state index in [9.17, 15) is 9.59 Å². The Kier molecular flexibility index (Phi) is 10.1. The van der Waals surface area contributed by atoms with E-state index in [2.05, 4.69) is 5.32 Å². The fourth-order valence-electron chi connectivity index (χ4n) is 2.62. The molecule has 0 spiro atoms. The molecule has 1 amide bonds. The summed E-state index contributed by atoms with van der Waals surface area (Å²) in [4.78, 5) is 23.4. The molecule has 1 aliphatic carbocycles. The van der Waals surface area contributed by atoms with Crippen LogP contribution in [0.4, 0.5) is 0 Å². The lowest BCUT2D eigenvalue weighted by Gasteiger charge is -2.36. The molecule has 0 saturated carbocycles. The number of halogens is 1. The molecule has 0 aromatic rings. The smallest absolute Gasteiger partial charge is 0.333 e. The number of esters is 1. The van der Waals surface area contributed by atoms with Gasteiger partial charge in [-0.1, -0.05) is 13.8 Å². The van der Waals surface area contributed by atoms with Crippen molar-refractivity contribution in [2.24, 2.45) is 5.73 Å². The molecule has 134 valence electrons. The zero-order chi connectivity index (χ0) is 16.7. The number of rotatable bonds is 7. The van der Waals surface area contributed by atoms with Gasteiger partial charge in [0, 0.05) is 18.5 Å². The molecule has 3 N–H and O–H groups in total. The number of hydrogen-bond acceptors (Lipinski definition) is 5. The molecular weight excluding hydrogens is 320 g/mol. The van der Waals surface area contributed by atoms with Crippen molar-refractivity contribution < 1.29 is 19.1 Å². The highest BCUT2D eigenvalue weighted by molar-refractivity contribution is 5.89. The molecule has 0 unspecified atom stereocenters. The largest absolute Gasteiger partial charge is 0.463 e. The SMILES string of the molecule is CCOC(=O)C1=C[C@@H](OC(CC)CC)[C@@H](NC(C)=O)[C@H](N)C1.Cl. The Balaban J connectivity index is 0.00000484. The minimum atomic E-state index is -0.419. The van der Waals surface area contributed by atoms with Crippen LogP contribution in [0.3, 0.4) is 0 Å². The van der Waals surface area contributed by atoms with Crippen molar-refractivity contribution in [1.82, 2.24) is 5.32 Å². The second-order valence-corrected chi connectivity index (χ2v) is 5.55. The Morgan fingerprint density at radius 1 is 1.35 bits per heavy atom. The summed E-state index contributed by atoms with van der Waals surface area (Å²) in [5, 5.41) is 2.84. The fraction of sp³-hybridized carbons (Fsp3) is 0.750. The molecule has 0 radical (unpaired) electrons. The molecule has 7 heteroatoms. The van der Waals surface area contributed by atoms with Gasteiger partial charge in [-0.25, -0.2) is 4.79 Å². The van der Waals surface area contributed by atoms with Crippen molar-refractivity contribution in [2.75, 3.05) is 6.61 Å². The molecule has 1 rings (SSSR count). The molecule has 0 fully saturated rings. The zero-order valence-corrected chi connectivity index (χ0v) is 15.2. The molecule has 23 heavy (non-hydrogen) atoms. The molecule has 0 heterocycles. The number of carbonyl (C=O) groups is 2. The first-order valence-electron chi connectivity index (χ1n) is 7.98. The van der Waals surface area contributed by atoms with Crippen LogP contribution in [-0.2, 0) is 19.1 Å². The van der Waals surface area contributed by atoms with Crippen LogP contribution in [0.5, 0.6) is 0 Å². The summed E-state index contributed by atoms with van der Waals surface area (Å²) in [6, 6.07) is -0.719. The van der Waals surface area contributed by atoms with Gasteiger partial charge >= 0.3 is 5.97 Å². The lowest BCUT2D eigenvalue weighted by molar-refractivity contribution is -0.139. The minimum Gasteiger partial charge on any atom is -0.463 e. The van der Waals surface area contributed by atoms with Gasteiger partial charge in [0.25, 0.3) is 0 Å². The van der Waals surface area contributed by atoms with Crippen molar-refractivity contribution in [3.05, 3.63) is 11.6 Å². The third kappa shape index (κ3) is 6.49. The maximum atomic E-state index is 12.0. The molecule has 0 aromatic carbocycles. The Morgan fingerprint density at radius 2 is 1.96 bits per heavy atom. The van der Waals surface area contributed by atoms with Crippen molar-refractivity contribution >= 4 is 24.3 Å². The monoisotopic (exact) mass is 348 g/mol. The first-order valence-corrected chi connectivity index (χ1v) is 7.98. The van der Waals surface area contributed by atoms with Crippen LogP contribution in [0.15, 0.2) is 11.6 Å². The number of amides is 1. The van der Waals surface area contributed by atoms with Gasteiger partial charge in [-0.05, 0) is 32.3 Å². The Morgan fingerprint density at radius 3 is 2.43 bits per heavy atom. The predicted octanol–water partition coefficient (Wildman–Crippen LogP) is 1.71. The Hall–Kier alpha value is -1.11. The maximum absolute atomic E-state index is 12.0. The summed E-state index contributed by atoms with van der Waals surface area (Å²) in [6.07, 6.45) is 3.48. The number of ether oxygens (including phenoxy) is 2. The lowest BCUT2D eigenvalue weighted by atomic mass is 9.88. The number of hydrogen-bond donors (Lipinski definition) is 2. The average molecular weight is 349 g/mol. The second-order valence-electron chi connectivity index (χ2n) is 5.55. The Labute approximate surface area is 144 Å². The van der Waals surface area contributed by atoms with Crippen LogP contribution in [0.25, 0.3) is 0 Å². The molecule has 0 bridgehead atoms. The average Bonchev–Trinajstić information content (AvgIpc) is 2.47. The van der Waals surface area contributed by atoms with E-state index in [1.807, 2.05) is 13.8 Å². The van der Waals surface area contributed by atoms with Gasteiger partial charge in [0.15, 0.2) is 0 Å². The van der Waals surface area contributed by atoms with Crippen LogP contribution in [0.2, 0.25) is 0 Å². The van der Waals surface area contributed by atoms with Crippen LogP contribution in [0.1, 0.15) is 47.0 Å². The Bertz CT molecular complexity index is 424. The van der Waals surface area contributed by atoms with Gasteiger partial charge < -0.3 is 20.5 Å². The second kappa shape index (κ2) is 10.6. The lowest BCUT2D eigenvalue weighted by Crippen LogP contribution is -2.57. The van der Waals surface area contributed by atoms with Crippen molar-refractivity contribution in [1.29, 1.82) is 0 Å². The first-order chi connectivity index (χ1) is 10.4. The maximum Gasteiger partial charge on any atom is 0.333 e. The van der Waals surface area contributed by atoms with Crippen LogP contribution < -0.4 is 11.1 Å². The van der Waals surface area contributed by atoms with E-state index < -0.39 is 6.10 Å². The van der Waals surface area contributed by atoms with Gasteiger partial charge in [0.05, 0.1) is 24.9 Å². The quantitative estimate of drug-likeness (QED) is 0.683. The number of carbonyl (C=O) groups excluding carboxylic acids is 2. The predicted molar refractivity (Wildman–Crippen MR) is 91.4 cm³/mol. The van der Waals surface area contributed by atoms with E-state index in [0.717, 1.165) is 12.8 Å². The van der Waals surface area contributed by atoms with E-state index in [1.54, 1.807) is 13.0 Å². The third-order valence-electron chi connectivity index (χ3n) is 3.80. The standard InChI is InChI=1S/C16H28N2O4.ClH/c1-5-12(6-2)22-14-9-11(16(20)21-7-3)8-13(17)15(14)18-10(4)19;/h9,12-15H,5-8,17H2,1-4H3,(H,18,19);1H/t13-,14-,15+;/m1./s1. The molecular formula is C16H29ClN2O4. The van der Waals surface area contributed by atoms with Crippen molar-refractivity contribution in [3.63, 3.8) is 0 Å². The van der Waals surface area contributed by atoms with Gasteiger partial charge in [0.1, 0.15) is 0 Å². The topological polar surface area (TPSA) is 90.6 Å². The van der Waals surface area contributed by atoms with Crippen molar-refractivity contribution in [2.45, 2.75) is 71.2 Å². The van der Waals surface area contributed by atoms with E-state index >= 15 is 0 Å². The normalized spacial score (nSPS) is 23.7. The number of nitrogens with one attached hydrogen (secondary N) is 1. The summed E-state index contributed by atoms with van der Waals surface area (Å²) < 4.78 is 11.1. The first kappa shape index (κ1) is 21.9. The molecule has 1 aliphatic rings. The highest BCUT2D eigenvalue weighted by Gasteiger charge is 2.35. The van der Waals surface area contributed by atoms with E-state index in [0.29, 0.717) is 18.6 Å². The van der Waals surface area contributed by atoms with Crippen molar-refractivity contribution in [3.8, 4) is 0 Å². The van der Waals surface area contributed by atoms with E-state index in [4.69, 9.17) is 15.2 Å². The third-order valence-corrected chi connectivity index (χ3v) is 3.80. The van der Waals surface area contributed by atoms with E-state index in [-0.39, 0.29) is 42.5 Å². The molecule has 6 nitrogen and oxygen atoms in total. The van der Waals surface area contributed by atoms with Crippen LogP contribution >= 0.6 is 12.4 Å². The number of nitrogens with two attached hydrogens (primary N) is 1. The van der Waals surface area contributed by atoms with E-state index in [1.165, 1.54) is 6.92 Å². The highest BCUT2D eigenvalue weighted by Crippen LogP contribution is 2.24. The minimum absolute atomic E-state index is 0. The summed E-state index contributed by atoms with van der Waals surface area (Å²) in [5.74, 6) is -0.524. The van der Waals surface area contributed by atoms with Gasteiger partial charge in [-0.3, -0.25) is 4.79 Å². The van der Waals surface area contributed by atoms with Gasteiger partial charge in [-0.15, -0.1) is 12.4 Å². The molecule has 0 aromatic heterocycles. The summed E-state index contributed by atoms with van der Waals surface area (Å²) in [6.45, 7) is 7.62. The molecule has 3 atom stereocenters. The zero-order valence-electron chi connectivity index (χ0n) is 14.3.